The van der Waals surface area contributed by atoms with Crippen LogP contribution in [0.2, 0.25) is 0 Å². The minimum Gasteiger partial charge on any atom is -0.393 e. The highest BCUT2D eigenvalue weighted by Gasteiger charge is 2.21. The summed E-state index contributed by atoms with van der Waals surface area (Å²) in [6.07, 6.45) is 3.64. The van der Waals surface area contributed by atoms with E-state index in [4.69, 9.17) is 0 Å². The lowest BCUT2D eigenvalue weighted by atomic mass is 9.87. The van der Waals surface area contributed by atoms with Gasteiger partial charge in [0.15, 0.2) is 0 Å². The molecule has 2 aromatic rings. The normalized spacial score (nSPS) is 21.5. The average molecular weight is 315 g/mol. The molecule has 4 heteroatoms. The molecule has 1 aromatic heterocycles. The summed E-state index contributed by atoms with van der Waals surface area (Å²) in [6.45, 7) is 0.655. The van der Waals surface area contributed by atoms with Crippen molar-refractivity contribution in [2.45, 2.75) is 31.8 Å². The van der Waals surface area contributed by atoms with Gasteiger partial charge in [-0.05, 0) is 42.2 Å². The van der Waals surface area contributed by atoms with Crippen LogP contribution < -0.4 is 5.32 Å². The van der Waals surface area contributed by atoms with E-state index in [2.05, 4.69) is 5.32 Å². The van der Waals surface area contributed by atoms with Crippen LogP contribution in [0.15, 0.2) is 41.8 Å². The second-order valence-electron chi connectivity index (χ2n) is 5.93. The Morgan fingerprint density at radius 1 is 1.23 bits per heavy atom. The van der Waals surface area contributed by atoms with E-state index < -0.39 is 0 Å². The molecule has 1 amide bonds. The number of hydrogen-bond acceptors (Lipinski definition) is 3. The molecule has 1 heterocycles. The fourth-order valence-electron chi connectivity index (χ4n) is 3.10. The predicted octanol–water partition coefficient (Wildman–Crippen LogP) is 3.70. The van der Waals surface area contributed by atoms with Crippen LogP contribution in [0.1, 0.15) is 35.4 Å². The van der Waals surface area contributed by atoms with Crippen LogP contribution >= 0.6 is 11.3 Å². The Balaban J connectivity index is 1.65. The lowest BCUT2D eigenvalue weighted by Crippen LogP contribution is -2.32. The van der Waals surface area contributed by atoms with E-state index in [1.165, 1.54) is 11.3 Å². The lowest BCUT2D eigenvalue weighted by molar-refractivity contribution is 0.0877. The standard InChI is InChI=1S/C18H21NO2S/c20-15-8-4-5-13(11-15)12-19-18(21)17-16(9-10-22-17)14-6-2-1-3-7-14/h1-3,6-7,9-10,13,15,20H,4-5,8,11-12H2,(H,19,21). The van der Waals surface area contributed by atoms with E-state index in [-0.39, 0.29) is 12.0 Å². The van der Waals surface area contributed by atoms with Gasteiger partial charge in [-0.25, -0.2) is 0 Å². The van der Waals surface area contributed by atoms with Gasteiger partial charge in [0.05, 0.1) is 11.0 Å². The summed E-state index contributed by atoms with van der Waals surface area (Å²) < 4.78 is 0. The molecule has 1 saturated carbocycles. The number of thiophene rings is 1. The summed E-state index contributed by atoms with van der Waals surface area (Å²) in [4.78, 5) is 13.2. The Labute approximate surface area is 135 Å². The van der Waals surface area contributed by atoms with E-state index in [0.717, 1.165) is 41.7 Å². The molecule has 1 fully saturated rings. The Morgan fingerprint density at radius 3 is 2.82 bits per heavy atom. The SMILES string of the molecule is O=C(NCC1CCCC(O)C1)c1sccc1-c1ccccc1. The van der Waals surface area contributed by atoms with Crippen LogP contribution in [0, 0.1) is 5.92 Å². The molecular weight excluding hydrogens is 294 g/mol. The fraction of sp³-hybridized carbons (Fsp3) is 0.389. The maximum Gasteiger partial charge on any atom is 0.261 e. The molecule has 3 nitrogen and oxygen atoms in total. The fourth-order valence-corrected chi connectivity index (χ4v) is 3.93. The van der Waals surface area contributed by atoms with Gasteiger partial charge in [0, 0.05) is 12.1 Å². The molecule has 2 atom stereocenters. The molecule has 0 radical (unpaired) electrons. The molecule has 0 spiro atoms. The molecule has 2 N–H and O–H groups in total. The number of aliphatic hydroxyl groups excluding tert-OH is 1. The first-order valence-electron chi connectivity index (χ1n) is 7.83. The monoisotopic (exact) mass is 315 g/mol. The van der Waals surface area contributed by atoms with E-state index in [0.29, 0.717) is 12.5 Å². The van der Waals surface area contributed by atoms with Crippen molar-refractivity contribution in [1.82, 2.24) is 5.32 Å². The van der Waals surface area contributed by atoms with Gasteiger partial charge >= 0.3 is 0 Å². The largest absolute Gasteiger partial charge is 0.393 e. The van der Waals surface area contributed by atoms with Crippen molar-refractivity contribution in [1.29, 1.82) is 0 Å². The molecule has 0 bridgehead atoms. The van der Waals surface area contributed by atoms with E-state index >= 15 is 0 Å². The van der Waals surface area contributed by atoms with Gasteiger partial charge in [-0.2, -0.15) is 0 Å². The highest BCUT2D eigenvalue weighted by atomic mass is 32.1. The van der Waals surface area contributed by atoms with Gasteiger partial charge in [0.1, 0.15) is 0 Å². The van der Waals surface area contributed by atoms with E-state index in [9.17, 15) is 9.90 Å². The van der Waals surface area contributed by atoms with Crippen molar-refractivity contribution >= 4 is 17.2 Å². The Morgan fingerprint density at radius 2 is 2.05 bits per heavy atom. The zero-order valence-electron chi connectivity index (χ0n) is 12.5. The Hall–Kier alpha value is -1.65. The third kappa shape index (κ3) is 3.57. The predicted molar refractivity (Wildman–Crippen MR) is 90.1 cm³/mol. The summed E-state index contributed by atoms with van der Waals surface area (Å²) in [6, 6.07) is 12.0. The van der Waals surface area contributed by atoms with Gasteiger partial charge in [0.2, 0.25) is 0 Å². The number of carbonyl (C=O) groups excluding carboxylic acids is 1. The molecule has 2 unspecified atom stereocenters. The van der Waals surface area contributed by atoms with Gasteiger partial charge in [-0.1, -0.05) is 36.8 Å². The molecular formula is C18H21NO2S. The van der Waals surface area contributed by atoms with E-state index in [1.54, 1.807) is 0 Å². The first kappa shape index (κ1) is 15.3. The van der Waals surface area contributed by atoms with Crippen molar-refractivity contribution in [3.63, 3.8) is 0 Å². The molecule has 116 valence electrons. The van der Waals surface area contributed by atoms with Gasteiger partial charge in [-0.15, -0.1) is 11.3 Å². The summed E-state index contributed by atoms with van der Waals surface area (Å²) in [5.41, 5.74) is 2.06. The van der Waals surface area contributed by atoms with Crippen molar-refractivity contribution < 1.29 is 9.90 Å². The molecule has 0 aliphatic heterocycles. The topological polar surface area (TPSA) is 49.3 Å². The number of benzene rings is 1. The van der Waals surface area contributed by atoms with Crippen molar-refractivity contribution in [2.75, 3.05) is 6.54 Å². The van der Waals surface area contributed by atoms with Crippen LogP contribution in [0.5, 0.6) is 0 Å². The third-order valence-corrected chi connectivity index (χ3v) is 5.18. The van der Waals surface area contributed by atoms with Crippen LogP contribution in [0.4, 0.5) is 0 Å². The van der Waals surface area contributed by atoms with Gasteiger partial charge in [0.25, 0.3) is 5.91 Å². The molecule has 22 heavy (non-hydrogen) atoms. The number of aliphatic hydroxyl groups is 1. The maximum absolute atomic E-state index is 12.5. The first-order valence-corrected chi connectivity index (χ1v) is 8.71. The van der Waals surface area contributed by atoms with Crippen LogP contribution in [0.3, 0.4) is 0 Å². The van der Waals surface area contributed by atoms with Crippen molar-refractivity contribution in [2.24, 2.45) is 5.92 Å². The van der Waals surface area contributed by atoms with Gasteiger partial charge in [-0.3, -0.25) is 4.79 Å². The van der Waals surface area contributed by atoms with Crippen molar-refractivity contribution in [3.8, 4) is 11.1 Å². The molecule has 1 aliphatic carbocycles. The highest BCUT2D eigenvalue weighted by molar-refractivity contribution is 7.12. The number of amides is 1. The maximum atomic E-state index is 12.5. The Bertz CT molecular complexity index is 623. The summed E-state index contributed by atoms with van der Waals surface area (Å²) in [7, 11) is 0. The number of carbonyl (C=O) groups is 1. The zero-order chi connectivity index (χ0) is 15.4. The summed E-state index contributed by atoms with van der Waals surface area (Å²) in [5, 5.41) is 14.7. The summed E-state index contributed by atoms with van der Waals surface area (Å²) >= 11 is 1.48. The number of rotatable bonds is 4. The second-order valence-corrected chi connectivity index (χ2v) is 6.84. The summed E-state index contributed by atoms with van der Waals surface area (Å²) in [5.74, 6) is 0.391. The number of hydrogen-bond donors (Lipinski definition) is 2. The molecule has 1 aliphatic rings. The van der Waals surface area contributed by atoms with Crippen molar-refractivity contribution in [3.05, 3.63) is 46.7 Å². The average Bonchev–Trinajstić information content (AvgIpc) is 3.03. The minimum absolute atomic E-state index is 0.00563. The second kappa shape index (κ2) is 7.07. The van der Waals surface area contributed by atoms with Gasteiger partial charge < -0.3 is 10.4 Å². The van der Waals surface area contributed by atoms with Crippen LogP contribution in [-0.2, 0) is 0 Å². The zero-order valence-corrected chi connectivity index (χ0v) is 13.3. The molecule has 3 rings (SSSR count). The smallest absolute Gasteiger partial charge is 0.261 e. The van der Waals surface area contributed by atoms with E-state index in [1.807, 2.05) is 41.8 Å². The molecule has 1 aromatic carbocycles. The first-order chi connectivity index (χ1) is 10.7. The quantitative estimate of drug-likeness (QED) is 0.904. The van der Waals surface area contributed by atoms with Crippen LogP contribution in [0.25, 0.3) is 11.1 Å². The lowest BCUT2D eigenvalue weighted by Gasteiger charge is -2.25. The number of nitrogens with one attached hydrogen (secondary N) is 1. The molecule has 0 saturated heterocycles. The third-order valence-electron chi connectivity index (χ3n) is 4.26. The Kier molecular flexibility index (Phi) is 4.90. The highest BCUT2D eigenvalue weighted by Crippen LogP contribution is 2.28. The van der Waals surface area contributed by atoms with Crippen LogP contribution in [-0.4, -0.2) is 23.7 Å². The minimum atomic E-state index is -0.197.